The average molecular weight is 186 g/mol. The minimum Gasteiger partial charge on any atom is -0.283 e. The first-order chi connectivity index (χ1) is 6.67. The van der Waals surface area contributed by atoms with Gasteiger partial charge in [-0.25, -0.2) is 0 Å². The summed E-state index contributed by atoms with van der Waals surface area (Å²) < 4.78 is 0. The van der Waals surface area contributed by atoms with Gasteiger partial charge in [-0.2, -0.15) is 0 Å². The van der Waals surface area contributed by atoms with Gasteiger partial charge in [0.25, 0.3) is 0 Å². The number of pyridine rings is 1. The maximum atomic E-state index is 4.48. The lowest BCUT2D eigenvalue weighted by Crippen LogP contribution is -2.14. The first-order valence-electron chi connectivity index (χ1n) is 4.82. The molecule has 2 nitrogen and oxygen atoms in total. The van der Waals surface area contributed by atoms with E-state index in [9.17, 15) is 0 Å². The summed E-state index contributed by atoms with van der Waals surface area (Å²) in [7, 11) is 0. The maximum absolute atomic E-state index is 4.48. The van der Waals surface area contributed by atoms with E-state index in [0.717, 1.165) is 5.69 Å². The molecule has 1 aromatic heterocycles. The Balaban J connectivity index is 2.22. The van der Waals surface area contributed by atoms with Crippen molar-refractivity contribution in [1.82, 2.24) is 4.98 Å². The van der Waals surface area contributed by atoms with Gasteiger partial charge in [0.1, 0.15) is 6.04 Å². The van der Waals surface area contributed by atoms with Crippen LogP contribution in [0.1, 0.15) is 25.6 Å². The summed E-state index contributed by atoms with van der Waals surface area (Å²) in [5.74, 6) is 0. The van der Waals surface area contributed by atoms with Crippen LogP contribution in [0.2, 0.25) is 0 Å². The van der Waals surface area contributed by atoms with Gasteiger partial charge in [0.05, 0.1) is 5.69 Å². The zero-order valence-corrected chi connectivity index (χ0v) is 8.51. The molecular formula is C12H14N2. The first-order valence-corrected chi connectivity index (χ1v) is 4.82. The molecule has 0 saturated heterocycles. The molecule has 0 fully saturated rings. The summed E-state index contributed by atoms with van der Waals surface area (Å²) >= 11 is 0. The average Bonchev–Trinajstić information content (AvgIpc) is 2.19. The predicted molar refractivity (Wildman–Crippen MR) is 58.4 cm³/mol. The van der Waals surface area contributed by atoms with Crippen LogP contribution >= 0.6 is 0 Å². The minimum absolute atomic E-state index is 0.0886. The van der Waals surface area contributed by atoms with Crippen molar-refractivity contribution < 1.29 is 0 Å². The number of hydrogen-bond donors (Lipinski definition) is 0. The van der Waals surface area contributed by atoms with Gasteiger partial charge in [-0.3, -0.25) is 9.98 Å². The Morgan fingerprint density at radius 2 is 2.14 bits per heavy atom. The van der Waals surface area contributed by atoms with Crippen molar-refractivity contribution in [3.8, 4) is 0 Å². The third kappa shape index (κ3) is 1.90. The number of dihydropyridines is 1. The van der Waals surface area contributed by atoms with Crippen molar-refractivity contribution >= 4 is 6.21 Å². The molecule has 0 aromatic carbocycles. The van der Waals surface area contributed by atoms with E-state index in [1.807, 2.05) is 24.4 Å². The molecule has 1 aliphatic heterocycles. The molecule has 2 rings (SSSR count). The van der Waals surface area contributed by atoms with Crippen molar-refractivity contribution in [2.75, 3.05) is 0 Å². The molecule has 2 heterocycles. The van der Waals surface area contributed by atoms with Crippen LogP contribution in [-0.4, -0.2) is 11.2 Å². The summed E-state index contributed by atoms with van der Waals surface area (Å²) in [5.41, 5.74) is 1.10. The quantitative estimate of drug-likeness (QED) is 0.619. The van der Waals surface area contributed by atoms with E-state index in [2.05, 4.69) is 36.0 Å². The lowest BCUT2D eigenvalue weighted by atomic mass is 9.91. The maximum Gasteiger partial charge on any atom is 0.110 e. The third-order valence-electron chi connectivity index (χ3n) is 2.27. The number of aromatic nitrogens is 1. The Morgan fingerprint density at radius 1 is 1.29 bits per heavy atom. The van der Waals surface area contributed by atoms with E-state index < -0.39 is 0 Å². The van der Waals surface area contributed by atoms with Crippen LogP contribution < -0.4 is 0 Å². The molecule has 1 aliphatic rings. The van der Waals surface area contributed by atoms with Gasteiger partial charge in [-0.15, -0.1) is 0 Å². The molecular weight excluding hydrogens is 172 g/mol. The lowest BCUT2D eigenvalue weighted by Gasteiger charge is -2.20. The topological polar surface area (TPSA) is 25.2 Å². The van der Waals surface area contributed by atoms with Crippen LogP contribution in [0.5, 0.6) is 0 Å². The molecule has 1 atom stereocenters. The number of allylic oxidation sites excluding steroid dienone is 1. The third-order valence-corrected chi connectivity index (χ3v) is 2.27. The lowest BCUT2D eigenvalue weighted by molar-refractivity contribution is 0.656. The molecule has 1 aromatic rings. The molecule has 0 bridgehead atoms. The van der Waals surface area contributed by atoms with Gasteiger partial charge >= 0.3 is 0 Å². The number of nitrogens with zero attached hydrogens (tertiary/aromatic N) is 2. The molecule has 72 valence electrons. The number of hydrogen-bond acceptors (Lipinski definition) is 2. The van der Waals surface area contributed by atoms with Crippen LogP contribution in [-0.2, 0) is 0 Å². The Bertz CT molecular complexity index is 347. The highest BCUT2D eigenvalue weighted by molar-refractivity contribution is 5.69. The monoisotopic (exact) mass is 186 g/mol. The van der Waals surface area contributed by atoms with E-state index in [4.69, 9.17) is 0 Å². The summed E-state index contributed by atoms with van der Waals surface area (Å²) in [6.07, 6.45) is 8.09. The highest BCUT2D eigenvalue weighted by Gasteiger charge is 2.17. The summed E-state index contributed by atoms with van der Waals surface area (Å²) in [4.78, 5) is 8.76. The Kier molecular flexibility index (Phi) is 2.20. The molecule has 0 spiro atoms. The molecule has 0 aliphatic carbocycles. The Morgan fingerprint density at radius 3 is 2.71 bits per heavy atom. The van der Waals surface area contributed by atoms with Gasteiger partial charge in [-0.05, 0) is 12.1 Å². The van der Waals surface area contributed by atoms with Gasteiger partial charge < -0.3 is 0 Å². The number of aliphatic imine (C=N–C) groups is 1. The summed E-state index contributed by atoms with van der Waals surface area (Å²) in [5, 5.41) is 0. The van der Waals surface area contributed by atoms with Gasteiger partial charge in [0.15, 0.2) is 0 Å². The zero-order valence-electron chi connectivity index (χ0n) is 8.51. The highest BCUT2D eigenvalue weighted by atomic mass is 14.8. The Labute approximate surface area is 84.4 Å². The second-order valence-corrected chi connectivity index (χ2v) is 4.16. The SMILES string of the molecule is CC1(C)C=CC(c2ccccn2)N=C1. The van der Waals surface area contributed by atoms with Crippen molar-refractivity contribution in [1.29, 1.82) is 0 Å². The van der Waals surface area contributed by atoms with E-state index in [0.29, 0.717) is 0 Å². The van der Waals surface area contributed by atoms with E-state index in [1.54, 1.807) is 6.20 Å². The molecule has 0 amide bonds. The first kappa shape index (κ1) is 9.13. The zero-order chi connectivity index (χ0) is 10.0. The molecule has 0 radical (unpaired) electrons. The fraction of sp³-hybridized carbons (Fsp3) is 0.333. The molecule has 0 saturated carbocycles. The molecule has 14 heavy (non-hydrogen) atoms. The Hall–Kier alpha value is -1.44. The van der Waals surface area contributed by atoms with Gasteiger partial charge in [0, 0.05) is 17.8 Å². The van der Waals surface area contributed by atoms with Crippen LogP contribution in [0.25, 0.3) is 0 Å². The smallest absolute Gasteiger partial charge is 0.110 e. The van der Waals surface area contributed by atoms with Crippen molar-refractivity contribution in [2.24, 2.45) is 10.4 Å². The fourth-order valence-corrected chi connectivity index (χ4v) is 1.43. The summed E-state index contributed by atoms with van der Waals surface area (Å²) in [6.45, 7) is 4.28. The minimum atomic E-state index is 0.0886. The van der Waals surface area contributed by atoms with Crippen LogP contribution in [0.3, 0.4) is 0 Å². The second kappa shape index (κ2) is 3.37. The predicted octanol–water partition coefficient (Wildman–Crippen LogP) is 2.79. The number of rotatable bonds is 1. The van der Waals surface area contributed by atoms with Crippen LogP contribution in [0.15, 0.2) is 41.5 Å². The van der Waals surface area contributed by atoms with Crippen LogP contribution in [0, 0.1) is 5.41 Å². The van der Waals surface area contributed by atoms with Gasteiger partial charge in [0.2, 0.25) is 0 Å². The normalized spacial score (nSPS) is 23.7. The second-order valence-electron chi connectivity index (χ2n) is 4.16. The van der Waals surface area contributed by atoms with E-state index in [-0.39, 0.29) is 11.5 Å². The standard InChI is InChI=1S/C12H14N2/c1-12(2)7-6-11(14-9-12)10-5-3-4-8-13-10/h3-9,11H,1-2H3. The van der Waals surface area contributed by atoms with Crippen molar-refractivity contribution in [3.63, 3.8) is 0 Å². The molecule has 0 N–H and O–H groups in total. The fourth-order valence-electron chi connectivity index (χ4n) is 1.43. The molecule has 1 unspecified atom stereocenters. The van der Waals surface area contributed by atoms with Gasteiger partial charge in [-0.1, -0.05) is 32.1 Å². The highest BCUT2D eigenvalue weighted by Crippen LogP contribution is 2.26. The van der Waals surface area contributed by atoms with Crippen LogP contribution in [0.4, 0.5) is 0 Å². The van der Waals surface area contributed by atoms with E-state index >= 15 is 0 Å². The van der Waals surface area contributed by atoms with Crippen molar-refractivity contribution in [3.05, 3.63) is 42.2 Å². The van der Waals surface area contributed by atoms with Crippen molar-refractivity contribution in [2.45, 2.75) is 19.9 Å². The summed E-state index contributed by atoms with van der Waals surface area (Å²) in [6, 6.07) is 6.02. The largest absolute Gasteiger partial charge is 0.283 e. The molecule has 2 heteroatoms. The van der Waals surface area contributed by atoms with E-state index in [1.165, 1.54) is 0 Å².